The standard InChI is InChI=1S/C16H15ClN2S/c1-10-5-6-12(14(17)9-10)15(19-18)13-4-2-3-11-7-8-20-16(11)13/h2-9,15,19H,18H2,1H3. The van der Waals surface area contributed by atoms with Gasteiger partial charge in [-0.15, -0.1) is 11.3 Å². The molecular formula is C16H15ClN2S. The molecule has 3 N–H and O–H groups in total. The molecule has 4 heteroatoms. The van der Waals surface area contributed by atoms with Crippen LogP contribution in [0.25, 0.3) is 10.1 Å². The van der Waals surface area contributed by atoms with Crippen LogP contribution < -0.4 is 11.3 Å². The Hall–Kier alpha value is -1.39. The zero-order valence-corrected chi connectivity index (χ0v) is 12.6. The van der Waals surface area contributed by atoms with E-state index in [1.165, 1.54) is 10.1 Å². The van der Waals surface area contributed by atoms with Crippen molar-refractivity contribution in [2.75, 3.05) is 0 Å². The Balaban J connectivity index is 2.16. The average Bonchev–Trinajstić information content (AvgIpc) is 2.91. The quantitative estimate of drug-likeness (QED) is 0.555. The number of nitrogens with one attached hydrogen (secondary N) is 1. The Morgan fingerprint density at radius 2 is 2.00 bits per heavy atom. The zero-order valence-electron chi connectivity index (χ0n) is 11.1. The van der Waals surface area contributed by atoms with Crippen LogP contribution in [-0.4, -0.2) is 0 Å². The molecule has 0 spiro atoms. The van der Waals surface area contributed by atoms with Crippen molar-refractivity contribution < 1.29 is 0 Å². The fourth-order valence-corrected chi connectivity index (χ4v) is 3.75. The van der Waals surface area contributed by atoms with E-state index in [0.717, 1.165) is 21.7 Å². The third kappa shape index (κ3) is 2.34. The van der Waals surface area contributed by atoms with Gasteiger partial charge in [-0.1, -0.05) is 41.9 Å². The first kappa shape index (κ1) is 13.6. The van der Waals surface area contributed by atoms with Crippen LogP contribution in [0, 0.1) is 6.92 Å². The van der Waals surface area contributed by atoms with Gasteiger partial charge in [0.1, 0.15) is 0 Å². The average molecular weight is 303 g/mol. The highest BCUT2D eigenvalue weighted by Crippen LogP contribution is 2.34. The molecule has 0 amide bonds. The number of aryl methyl sites for hydroxylation is 1. The van der Waals surface area contributed by atoms with Crippen LogP contribution in [0.3, 0.4) is 0 Å². The normalized spacial score (nSPS) is 12.8. The van der Waals surface area contributed by atoms with Gasteiger partial charge in [-0.25, -0.2) is 5.43 Å². The van der Waals surface area contributed by atoms with Gasteiger partial charge in [0.15, 0.2) is 0 Å². The number of nitrogens with two attached hydrogens (primary N) is 1. The molecule has 0 saturated carbocycles. The maximum atomic E-state index is 6.39. The summed E-state index contributed by atoms with van der Waals surface area (Å²) in [6.07, 6.45) is 0. The Morgan fingerprint density at radius 3 is 2.75 bits per heavy atom. The van der Waals surface area contributed by atoms with E-state index in [9.17, 15) is 0 Å². The summed E-state index contributed by atoms with van der Waals surface area (Å²) in [5.74, 6) is 5.80. The van der Waals surface area contributed by atoms with Gasteiger partial charge in [0.05, 0.1) is 6.04 Å². The van der Waals surface area contributed by atoms with E-state index in [1.807, 2.05) is 19.1 Å². The second-order valence-electron chi connectivity index (χ2n) is 4.81. The molecule has 20 heavy (non-hydrogen) atoms. The lowest BCUT2D eigenvalue weighted by molar-refractivity contribution is 0.641. The van der Waals surface area contributed by atoms with Crippen LogP contribution in [0.1, 0.15) is 22.7 Å². The maximum absolute atomic E-state index is 6.39. The van der Waals surface area contributed by atoms with Gasteiger partial charge in [-0.3, -0.25) is 5.84 Å². The van der Waals surface area contributed by atoms with Crippen molar-refractivity contribution in [2.24, 2.45) is 5.84 Å². The first-order valence-electron chi connectivity index (χ1n) is 6.39. The minimum absolute atomic E-state index is 0.106. The molecule has 1 aromatic heterocycles. The van der Waals surface area contributed by atoms with E-state index in [4.69, 9.17) is 17.4 Å². The highest BCUT2D eigenvalue weighted by Gasteiger charge is 2.18. The van der Waals surface area contributed by atoms with E-state index in [2.05, 4.69) is 41.1 Å². The van der Waals surface area contributed by atoms with Crippen LogP contribution in [0.5, 0.6) is 0 Å². The largest absolute Gasteiger partial charge is 0.271 e. The number of hydrazine groups is 1. The third-order valence-electron chi connectivity index (χ3n) is 3.45. The second-order valence-corrected chi connectivity index (χ2v) is 6.13. The highest BCUT2D eigenvalue weighted by atomic mass is 35.5. The second kappa shape index (κ2) is 5.54. The number of rotatable bonds is 3. The van der Waals surface area contributed by atoms with Crippen molar-refractivity contribution in [3.8, 4) is 0 Å². The van der Waals surface area contributed by atoms with Gasteiger partial charge in [0, 0.05) is 9.72 Å². The van der Waals surface area contributed by atoms with Gasteiger partial charge < -0.3 is 0 Å². The SMILES string of the molecule is Cc1ccc(C(NN)c2cccc3ccsc23)c(Cl)c1. The van der Waals surface area contributed by atoms with Crippen LogP contribution in [0.15, 0.2) is 47.8 Å². The topological polar surface area (TPSA) is 38.0 Å². The highest BCUT2D eigenvalue weighted by molar-refractivity contribution is 7.17. The van der Waals surface area contributed by atoms with Crippen molar-refractivity contribution in [1.82, 2.24) is 5.43 Å². The molecule has 0 fully saturated rings. The minimum Gasteiger partial charge on any atom is -0.271 e. The Labute approximate surface area is 127 Å². The molecule has 1 atom stereocenters. The molecule has 3 aromatic rings. The summed E-state index contributed by atoms with van der Waals surface area (Å²) in [4.78, 5) is 0. The summed E-state index contributed by atoms with van der Waals surface area (Å²) in [6.45, 7) is 2.03. The summed E-state index contributed by atoms with van der Waals surface area (Å²) in [5, 5.41) is 4.07. The first-order chi connectivity index (χ1) is 9.70. The lowest BCUT2D eigenvalue weighted by atomic mass is 9.97. The summed E-state index contributed by atoms with van der Waals surface area (Å²) in [6, 6.07) is 14.3. The van der Waals surface area contributed by atoms with E-state index >= 15 is 0 Å². The molecule has 0 saturated heterocycles. The molecule has 0 bridgehead atoms. The number of hydrogen-bond donors (Lipinski definition) is 2. The lowest BCUT2D eigenvalue weighted by Gasteiger charge is -2.19. The van der Waals surface area contributed by atoms with Gasteiger partial charge in [0.25, 0.3) is 0 Å². The van der Waals surface area contributed by atoms with E-state index in [1.54, 1.807) is 11.3 Å². The fraction of sp³-hybridized carbons (Fsp3) is 0.125. The number of benzene rings is 2. The van der Waals surface area contributed by atoms with Crippen molar-refractivity contribution in [3.63, 3.8) is 0 Å². The first-order valence-corrected chi connectivity index (χ1v) is 7.65. The van der Waals surface area contributed by atoms with Crippen LogP contribution in [0.2, 0.25) is 5.02 Å². The molecular weight excluding hydrogens is 288 g/mol. The van der Waals surface area contributed by atoms with Gasteiger partial charge in [0.2, 0.25) is 0 Å². The Kier molecular flexibility index (Phi) is 3.76. The Morgan fingerprint density at radius 1 is 1.15 bits per heavy atom. The van der Waals surface area contributed by atoms with Gasteiger partial charge >= 0.3 is 0 Å². The monoisotopic (exact) mass is 302 g/mol. The predicted molar refractivity (Wildman–Crippen MR) is 87.2 cm³/mol. The maximum Gasteiger partial charge on any atom is 0.0738 e. The number of thiophene rings is 1. The summed E-state index contributed by atoms with van der Waals surface area (Å²) < 4.78 is 1.24. The zero-order chi connectivity index (χ0) is 14.1. The number of fused-ring (bicyclic) bond motifs is 1. The molecule has 102 valence electrons. The smallest absolute Gasteiger partial charge is 0.0738 e. The lowest BCUT2D eigenvalue weighted by Crippen LogP contribution is -2.29. The molecule has 0 aliphatic rings. The summed E-state index contributed by atoms with van der Waals surface area (Å²) in [5.41, 5.74) is 6.20. The van der Waals surface area contributed by atoms with Crippen LogP contribution in [0.4, 0.5) is 0 Å². The van der Waals surface area contributed by atoms with Gasteiger partial charge in [-0.05, 0) is 46.5 Å². The predicted octanol–water partition coefficient (Wildman–Crippen LogP) is 4.42. The molecule has 0 aliphatic carbocycles. The minimum atomic E-state index is -0.106. The van der Waals surface area contributed by atoms with Gasteiger partial charge in [-0.2, -0.15) is 0 Å². The summed E-state index contributed by atoms with van der Waals surface area (Å²) in [7, 11) is 0. The van der Waals surface area contributed by atoms with E-state index in [-0.39, 0.29) is 6.04 Å². The van der Waals surface area contributed by atoms with Crippen LogP contribution >= 0.6 is 22.9 Å². The number of halogens is 1. The van der Waals surface area contributed by atoms with Crippen LogP contribution in [-0.2, 0) is 0 Å². The van der Waals surface area contributed by atoms with Crippen molar-refractivity contribution >= 4 is 33.0 Å². The number of hydrogen-bond acceptors (Lipinski definition) is 3. The van der Waals surface area contributed by atoms with Crippen molar-refractivity contribution in [1.29, 1.82) is 0 Å². The Bertz CT molecular complexity index is 751. The van der Waals surface area contributed by atoms with E-state index in [0.29, 0.717) is 0 Å². The fourth-order valence-electron chi connectivity index (χ4n) is 2.46. The van der Waals surface area contributed by atoms with E-state index < -0.39 is 0 Å². The molecule has 1 unspecified atom stereocenters. The molecule has 3 rings (SSSR count). The molecule has 0 radical (unpaired) electrons. The molecule has 2 aromatic carbocycles. The molecule has 0 aliphatic heterocycles. The summed E-state index contributed by atoms with van der Waals surface area (Å²) >= 11 is 8.11. The third-order valence-corrected chi connectivity index (χ3v) is 4.76. The van der Waals surface area contributed by atoms with Crippen molar-refractivity contribution in [3.05, 3.63) is 69.6 Å². The molecule has 1 heterocycles. The molecule has 2 nitrogen and oxygen atoms in total. The van der Waals surface area contributed by atoms with Crippen molar-refractivity contribution in [2.45, 2.75) is 13.0 Å².